The molecule has 2 aromatic rings. The second kappa shape index (κ2) is 5.64. The number of aryl methyl sites for hydroxylation is 2. The molecule has 2 aromatic carbocycles. The maximum absolute atomic E-state index is 13.1. The molecule has 1 aliphatic carbocycles. The molecule has 0 N–H and O–H groups in total. The summed E-state index contributed by atoms with van der Waals surface area (Å²) in [5, 5.41) is 0. The lowest BCUT2D eigenvalue weighted by Gasteiger charge is -2.16. The normalized spacial score (nSPS) is 13.9. The molecule has 1 nitrogen and oxygen atoms in total. The summed E-state index contributed by atoms with van der Waals surface area (Å²) in [6, 6.07) is 10.3. The molecule has 102 valence electrons. The van der Waals surface area contributed by atoms with Gasteiger partial charge in [-0.3, -0.25) is 4.79 Å². The van der Waals surface area contributed by atoms with Crippen LogP contribution in [0.3, 0.4) is 0 Å². The smallest absolute Gasteiger partial charge is 0.194 e. The van der Waals surface area contributed by atoms with Gasteiger partial charge in [0, 0.05) is 14.7 Å². The molecule has 0 radical (unpaired) electrons. The van der Waals surface area contributed by atoms with E-state index in [1.54, 1.807) is 6.07 Å². The van der Waals surface area contributed by atoms with Gasteiger partial charge in [0.15, 0.2) is 5.78 Å². The molecular weight excluding hydrogens is 366 g/mol. The molecule has 0 heterocycles. The average Bonchev–Trinajstić information content (AvgIpc) is 2.46. The predicted octanol–water partition coefficient (Wildman–Crippen LogP) is 4.54. The number of fused-ring (bicyclic) bond motifs is 1. The molecule has 20 heavy (non-hydrogen) atoms. The van der Waals surface area contributed by atoms with E-state index in [9.17, 15) is 9.18 Å². The van der Waals surface area contributed by atoms with Gasteiger partial charge in [0.25, 0.3) is 0 Å². The Morgan fingerprint density at radius 2 is 1.75 bits per heavy atom. The first-order valence-electron chi connectivity index (χ1n) is 6.77. The first-order chi connectivity index (χ1) is 9.65. The Bertz CT molecular complexity index is 679. The SMILES string of the molecule is O=C(c1ccc2c(c1)CCCC2)c1ccc(F)cc1I. The Hall–Kier alpha value is -1.23. The van der Waals surface area contributed by atoms with Crippen LogP contribution in [-0.4, -0.2) is 5.78 Å². The van der Waals surface area contributed by atoms with Crippen molar-refractivity contribution in [3.8, 4) is 0 Å². The van der Waals surface area contributed by atoms with Crippen LogP contribution in [0, 0.1) is 9.39 Å². The van der Waals surface area contributed by atoms with E-state index in [1.807, 2.05) is 34.7 Å². The van der Waals surface area contributed by atoms with Gasteiger partial charge >= 0.3 is 0 Å². The zero-order chi connectivity index (χ0) is 14.1. The first-order valence-corrected chi connectivity index (χ1v) is 7.84. The van der Waals surface area contributed by atoms with Crippen LogP contribution in [0.2, 0.25) is 0 Å². The molecule has 0 amide bonds. The molecule has 0 atom stereocenters. The van der Waals surface area contributed by atoms with Crippen LogP contribution < -0.4 is 0 Å². The molecule has 0 bridgehead atoms. The quantitative estimate of drug-likeness (QED) is 0.552. The summed E-state index contributed by atoms with van der Waals surface area (Å²) in [4.78, 5) is 12.5. The fraction of sp³-hybridized carbons (Fsp3) is 0.235. The van der Waals surface area contributed by atoms with Gasteiger partial charge in [-0.25, -0.2) is 4.39 Å². The minimum absolute atomic E-state index is 0.0252. The van der Waals surface area contributed by atoms with Crippen LogP contribution in [-0.2, 0) is 12.8 Å². The topological polar surface area (TPSA) is 17.1 Å². The molecule has 0 fully saturated rings. The van der Waals surface area contributed by atoms with Gasteiger partial charge in [-0.15, -0.1) is 0 Å². The van der Waals surface area contributed by atoms with Crippen molar-refractivity contribution in [3.63, 3.8) is 0 Å². The van der Waals surface area contributed by atoms with E-state index in [0.717, 1.165) is 12.8 Å². The molecule has 1 aliphatic rings. The Kier molecular flexibility index (Phi) is 3.87. The van der Waals surface area contributed by atoms with E-state index in [0.29, 0.717) is 14.7 Å². The molecular formula is C17H14FIO. The van der Waals surface area contributed by atoms with E-state index in [-0.39, 0.29) is 11.6 Å². The molecule has 3 rings (SSSR count). The zero-order valence-corrected chi connectivity index (χ0v) is 13.1. The van der Waals surface area contributed by atoms with Gasteiger partial charge in [0.1, 0.15) is 5.82 Å². The van der Waals surface area contributed by atoms with Crippen molar-refractivity contribution in [2.24, 2.45) is 0 Å². The minimum atomic E-state index is -0.309. The van der Waals surface area contributed by atoms with E-state index in [2.05, 4.69) is 6.07 Å². The lowest BCUT2D eigenvalue weighted by molar-refractivity contribution is 0.103. The highest BCUT2D eigenvalue weighted by molar-refractivity contribution is 14.1. The maximum atomic E-state index is 13.1. The molecule has 0 saturated heterocycles. The predicted molar refractivity (Wildman–Crippen MR) is 85.6 cm³/mol. The second-order valence-corrected chi connectivity index (χ2v) is 6.31. The average molecular weight is 380 g/mol. The summed E-state index contributed by atoms with van der Waals surface area (Å²) in [5.41, 5.74) is 3.93. The highest BCUT2D eigenvalue weighted by atomic mass is 127. The summed E-state index contributed by atoms with van der Waals surface area (Å²) in [6.07, 6.45) is 4.59. The number of hydrogen-bond donors (Lipinski definition) is 0. The summed E-state index contributed by atoms with van der Waals surface area (Å²) >= 11 is 2.01. The van der Waals surface area contributed by atoms with E-state index >= 15 is 0 Å². The highest BCUT2D eigenvalue weighted by Gasteiger charge is 2.16. The van der Waals surface area contributed by atoms with Crippen LogP contribution in [0.1, 0.15) is 39.9 Å². The van der Waals surface area contributed by atoms with Crippen molar-refractivity contribution in [3.05, 3.63) is 68.0 Å². The molecule has 0 aromatic heterocycles. The fourth-order valence-electron chi connectivity index (χ4n) is 2.70. The number of carbonyl (C=O) groups excluding carboxylic acids is 1. The van der Waals surface area contributed by atoms with Crippen molar-refractivity contribution in [1.82, 2.24) is 0 Å². The Labute approximate surface area is 131 Å². The number of ketones is 1. The molecule has 3 heteroatoms. The van der Waals surface area contributed by atoms with Crippen molar-refractivity contribution >= 4 is 28.4 Å². The van der Waals surface area contributed by atoms with Crippen LogP contribution in [0.5, 0.6) is 0 Å². The van der Waals surface area contributed by atoms with E-state index < -0.39 is 0 Å². The van der Waals surface area contributed by atoms with Gasteiger partial charge in [-0.2, -0.15) is 0 Å². The zero-order valence-electron chi connectivity index (χ0n) is 11.0. The lowest BCUT2D eigenvalue weighted by atomic mass is 9.89. The molecule has 0 unspecified atom stereocenters. The maximum Gasteiger partial charge on any atom is 0.194 e. The number of hydrogen-bond acceptors (Lipinski definition) is 1. The van der Waals surface area contributed by atoms with Gasteiger partial charge in [0.2, 0.25) is 0 Å². The number of halogens is 2. The molecule has 0 spiro atoms. The lowest BCUT2D eigenvalue weighted by Crippen LogP contribution is -2.08. The fourth-order valence-corrected chi connectivity index (χ4v) is 3.43. The van der Waals surface area contributed by atoms with Crippen LogP contribution in [0.15, 0.2) is 36.4 Å². The summed E-state index contributed by atoms with van der Waals surface area (Å²) < 4.78 is 13.8. The van der Waals surface area contributed by atoms with Crippen molar-refractivity contribution in [2.45, 2.75) is 25.7 Å². The third-order valence-electron chi connectivity index (χ3n) is 3.79. The summed E-state index contributed by atoms with van der Waals surface area (Å²) in [6.45, 7) is 0. The van der Waals surface area contributed by atoms with Crippen molar-refractivity contribution < 1.29 is 9.18 Å². The number of benzene rings is 2. The largest absolute Gasteiger partial charge is 0.289 e. The number of rotatable bonds is 2. The molecule has 0 aliphatic heterocycles. The van der Waals surface area contributed by atoms with Crippen molar-refractivity contribution in [1.29, 1.82) is 0 Å². The summed E-state index contributed by atoms with van der Waals surface area (Å²) in [5.74, 6) is -0.334. The Morgan fingerprint density at radius 1 is 1.00 bits per heavy atom. The molecule has 0 saturated carbocycles. The van der Waals surface area contributed by atoms with Gasteiger partial charge in [-0.05, 0) is 83.7 Å². The summed E-state index contributed by atoms with van der Waals surface area (Å²) in [7, 11) is 0. The minimum Gasteiger partial charge on any atom is -0.289 e. The van der Waals surface area contributed by atoms with Crippen molar-refractivity contribution in [2.75, 3.05) is 0 Å². The number of carbonyl (C=O) groups is 1. The van der Waals surface area contributed by atoms with Crippen LogP contribution in [0.25, 0.3) is 0 Å². The standard InChI is InChI=1S/C17H14FIO/c18-14-7-8-15(16(19)10-14)17(20)13-6-5-11-3-1-2-4-12(11)9-13/h5-10H,1-4H2. The van der Waals surface area contributed by atoms with Crippen LogP contribution >= 0.6 is 22.6 Å². The second-order valence-electron chi connectivity index (χ2n) is 5.14. The first kappa shape index (κ1) is 13.7. The Morgan fingerprint density at radius 3 is 2.50 bits per heavy atom. The monoisotopic (exact) mass is 380 g/mol. The van der Waals surface area contributed by atoms with Crippen LogP contribution in [0.4, 0.5) is 4.39 Å². The van der Waals surface area contributed by atoms with E-state index in [1.165, 1.54) is 36.1 Å². The van der Waals surface area contributed by atoms with E-state index in [4.69, 9.17) is 0 Å². The Balaban J connectivity index is 1.98. The third-order valence-corrected chi connectivity index (χ3v) is 4.68. The van der Waals surface area contributed by atoms with Gasteiger partial charge in [0.05, 0.1) is 0 Å². The van der Waals surface area contributed by atoms with Gasteiger partial charge in [-0.1, -0.05) is 12.1 Å². The third kappa shape index (κ3) is 2.64. The highest BCUT2D eigenvalue weighted by Crippen LogP contribution is 2.24. The van der Waals surface area contributed by atoms with Gasteiger partial charge < -0.3 is 0 Å².